The number of nitrogens with two attached hydrogens (primary N) is 1. The van der Waals surface area contributed by atoms with Gasteiger partial charge in [0.05, 0.1) is 34.8 Å². The predicted molar refractivity (Wildman–Crippen MR) is 173 cm³/mol. The molecule has 0 spiro atoms. The zero-order valence-electron chi connectivity index (χ0n) is 26.0. The van der Waals surface area contributed by atoms with Crippen LogP contribution < -0.4 is 15.8 Å². The Bertz CT molecular complexity index is 1990. The molecule has 0 aliphatic carbocycles. The fourth-order valence-corrected chi connectivity index (χ4v) is 4.89. The van der Waals surface area contributed by atoms with Crippen LogP contribution in [0.25, 0.3) is 16.6 Å². The number of hydrogen-bond donors (Lipinski definition) is 3. The molecule has 1 amide bonds. The maximum absolute atomic E-state index is 13.5. The summed E-state index contributed by atoms with van der Waals surface area (Å²) in [6.07, 6.45) is 2.09. The average molecular weight is 619 g/mol. The van der Waals surface area contributed by atoms with Crippen LogP contribution in [0.15, 0.2) is 72.9 Å². The first kappa shape index (κ1) is 31.5. The number of H-pyrrole nitrogens is 1. The van der Waals surface area contributed by atoms with Gasteiger partial charge in [0.1, 0.15) is 22.9 Å². The van der Waals surface area contributed by atoms with Gasteiger partial charge < -0.3 is 25.5 Å². The Hall–Kier alpha value is -5.89. The van der Waals surface area contributed by atoms with Crippen molar-refractivity contribution in [3.63, 3.8) is 0 Å². The number of nitrogen functional groups attached to an aromatic ring is 1. The number of ether oxygens (including phenoxy) is 2. The van der Waals surface area contributed by atoms with E-state index in [1.807, 2.05) is 33.8 Å². The van der Waals surface area contributed by atoms with Gasteiger partial charge in [-0.25, -0.2) is 4.68 Å². The number of aromatic nitrogens is 3. The quantitative estimate of drug-likeness (QED) is 0.0975. The highest BCUT2D eigenvalue weighted by Gasteiger charge is 2.21. The molecule has 5 aromatic rings. The Morgan fingerprint density at radius 3 is 2.57 bits per heavy atom. The Morgan fingerprint density at radius 2 is 1.83 bits per heavy atom. The van der Waals surface area contributed by atoms with E-state index in [2.05, 4.69) is 21.5 Å². The molecule has 2 heterocycles. The maximum Gasteiger partial charge on any atom is 0.306 e. The van der Waals surface area contributed by atoms with Crippen molar-refractivity contribution in [1.29, 1.82) is 5.26 Å². The molecular weight excluding hydrogens is 584 g/mol. The number of esters is 1. The molecule has 0 radical (unpaired) electrons. The minimum atomic E-state index is -0.547. The molecule has 0 fully saturated rings. The third-order valence-electron chi connectivity index (χ3n) is 7.04. The molecule has 234 valence electrons. The van der Waals surface area contributed by atoms with E-state index in [1.165, 1.54) is 10.9 Å². The number of amides is 1. The summed E-state index contributed by atoms with van der Waals surface area (Å²) >= 11 is 0. The average Bonchev–Trinajstić information content (AvgIpc) is 3.61. The molecule has 11 heteroatoms. The van der Waals surface area contributed by atoms with Crippen LogP contribution in [-0.2, 0) is 9.53 Å². The standard InChI is InChI=1S/C35H34N6O5/c1-21-15-26(45-25-8-5-7-22(16-25)19-36)11-13-30(21)41-33(37)27(20-39-41)32(43)29-18-24-17-23(10-12-28(24)40-29)34(44)38-14-6-9-31(42)46-35(2,3)4/h5,7-8,10-13,15-18,20,40H,6,9,14,37H2,1-4H3,(H,38,44). The van der Waals surface area contributed by atoms with Crippen LogP contribution in [0.2, 0.25) is 0 Å². The zero-order chi connectivity index (χ0) is 33.0. The normalized spacial score (nSPS) is 11.2. The van der Waals surface area contributed by atoms with Crippen LogP contribution in [0.3, 0.4) is 0 Å². The van der Waals surface area contributed by atoms with E-state index < -0.39 is 5.60 Å². The van der Waals surface area contributed by atoms with Crippen molar-refractivity contribution >= 4 is 34.4 Å². The summed E-state index contributed by atoms with van der Waals surface area (Å²) in [5.74, 6) is 0.353. The van der Waals surface area contributed by atoms with E-state index >= 15 is 0 Å². The van der Waals surface area contributed by atoms with E-state index in [0.29, 0.717) is 57.9 Å². The van der Waals surface area contributed by atoms with Crippen molar-refractivity contribution in [2.24, 2.45) is 0 Å². The number of nitriles is 1. The number of hydrogen-bond acceptors (Lipinski definition) is 8. The van der Waals surface area contributed by atoms with Crippen molar-refractivity contribution < 1.29 is 23.9 Å². The van der Waals surface area contributed by atoms with Gasteiger partial charge in [-0.05, 0) is 100 Å². The number of carbonyl (C=O) groups is 3. The van der Waals surface area contributed by atoms with Crippen molar-refractivity contribution in [3.05, 3.63) is 101 Å². The summed E-state index contributed by atoms with van der Waals surface area (Å²) in [5.41, 5.74) is 9.49. The second-order valence-electron chi connectivity index (χ2n) is 11.8. The Balaban J connectivity index is 1.26. The molecule has 0 atom stereocenters. The molecule has 0 saturated heterocycles. The predicted octanol–water partition coefficient (Wildman–Crippen LogP) is 5.99. The molecule has 4 N–H and O–H groups in total. The van der Waals surface area contributed by atoms with Gasteiger partial charge in [0.25, 0.3) is 5.91 Å². The van der Waals surface area contributed by atoms with Crippen LogP contribution >= 0.6 is 0 Å². The lowest BCUT2D eigenvalue weighted by atomic mass is 10.1. The van der Waals surface area contributed by atoms with Crippen LogP contribution in [0.4, 0.5) is 5.82 Å². The molecule has 46 heavy (non-hydrogen) atoms. The third-order valence-corrected chi connectivity index (χ3v) is 7.04. The first-order valence-electron chi connectivity index (χ1n) is 14.7. The van der Waals surface area contributed by atoms with Crippen LogP contribution in [-0.4, -0.2) is 44.6 Å². The first-order chi connectivity index (χ1) is 21.9. The maximum atomic E-state index is 13.5. The summed E-state index contributed by atoms with van der Waals surface area (Å²) in [4.78, 5) is 41.2. The molecule has 0 unspecified atom stereocenters. The monoisotopic (exact) mass is 618 g/mol. The van der Waals surface area contributed by atoms with Gasteiger partial charge in [-0.2, -0.15) is 10.4 Å². The van der Waals surface area contributed by atoms with Crippen molar-refractivity contribution in [2.45, 2.75) is 46.1 Å². The number of rotatable bonds is 10. The number of carbonyl (C=O) groups excluding carboxylic acids is 3. The van der Waals surface area contributed by atoms with Gasteiger partial charge >= 0.3 is 5.97 Å². The number of anilines is 1. The highest BCUT2D eigenvalue weighted by Crippen LogP contribution is 2.29. The van der Waals surface area contributed by atoms with Crippen molar-refractivity contribution in [1.82, 2.24) is 20.1 Å². The number of fused-ring (bicyclic) bond motifs is 1. The molecular formula is C35H34N6O5. The lowest BCUT2D eigenvalue weighted by molar-refractivity contribution is -0.154. The van der Waals surface area contributed by atoms with E-state index in [0.717, 1.165) is 5.56 Å². The molecule has 0 aliphatic heterocycles. The van der Waals surface area contributed by atoms with Gasteiger partial charge in [0.2, 0.25) is 5.78 Å². The second kappa shape index (κ2) is 13.0. The molecule has 11 nitrogen and oxygen atoms in total. The molecule has 2 aromatic heterocycles. The number of nitrogens with zero attached hydrogens (tertiary/aromatic N) is 3. The number of nitrogens with one attached hydrogen (secondary N) is 2. The lowest BCUT2D eigenvalue weighted by Crippen LogP contribution is -2.27. The van der Waals surface area contributed by atoms with E-state index in [1.54, 1.807) is 60.7 Å². The topological polar surface area (TPSA) is 165 Å². The lowest BCUT2D eigenvalue weighted by Gasteiger charge is -2.19. The second-order valence-corrected chi connectivity index (χ2v) is 11.8. The van der Waals surface area contributed by atoms with E-state index in [4.69, 9.17) is 20.5 Å². The summed E-state index contributed by atoms with van der Waals surface area (Å²) < 4.78 is 12.7. The SMILES string of the molecule is Cc1cc(Oc2cccc(C#N)c2)ccc1-n1ncc(C(=O)c2cc3cc(C(=O)NCCCC(=O)OC(C)(C)C)ccc3[nH]2)c1N. The number of benzene rings is 3. The summed E-state index contributed by atoms with van der Waals surface area (Å²) in [7, 11) is 0. The molecule has 3 aromatic carbocycles. The number of ketones is 1. The van der Waals surface area contributed by atoms with Crippen LogP contribution in [0, 0.1) is 18.3 Å². The third kappa shape index (κ3) is 7.25. The molecule has 0 saturated carbocycles. The van der Waals surface area contributed by atoms with Gasteiger partial charge in [-0.15, -0.1) is 0 Å². The fraction of sp³-hybridized carbons (Fsp3) is 0.229. The molecule has 0 bridgehead atoms. The largest absolute Gasteiger partial charge is 0.460 e. The Kier molecular flexibility index (Phi) is 8.91. The van der Waals surface area contributed by atoms with Crippen LogP contribution in [0.1, 0.15) is 71.1 Å². The summed E-state index contributed by atoms with van der Waals surface area (Å²) in [6, 6.07) is 21.1. The molecule has 5 rings (SSSR count). The summed E-state index contributed by atoms with van der Waals surface area (Å²) in [6.45, 7) is 7.63. The van der Waals surface area contributed by atoms with Gasteiger partial charge in [-0.3, -0.25) is 14.4 Å². The fourth-order valence-electron chi connectivity index (χ4n) is 4.89. The Labute approximate surface area is 265 Å². The van der Waals surface area contributed by atoms with E-state index in [-0.39, 0.29) is 35.5 Å². The summed E-state index contributed by atoms with van der Waals surface area (Å²) in [5, 5.41) is 17.0. The van der Waals surface area contributed by atoms with Crippen molar-refractivity contribution in [2.75, 3.05) is 12.3 Å². The minimum Gasteiger partial charge on any atom is -0.460 e. The molecule has 0 aliphatic rings. The van der Waals surface area contributed by atoms with Gasteiger partial charge in [0, 0.05) is 29.4 Å². The Morgan fingerprint density at radius 1 is 1.04 bits per heavy atom. The smallest absolute Gasteiger partial charge is 0.306 e. The number of aryl methyl sites for hydroxylation is 1. The van der Waals surface area contributed by atoms with Crippen molar-refractivity contribution in [3.8, 4) is 23.3 Å². The van der Waals surface area contributed by atoms with Gasteiger partial charge in [0.15, 0.2) is 0 Å². The first-order valence-corrected chi connectivity index (χ1v) is 14.7. The highest BCUT2D eigenvalue weighted by atomic mass is 16.6. The van der Waals surface area contributed by atoms with Crippen LogP contribution in [0.5, 0.6) is 11.5 Å². The number of aromatic amines is 1. The zero-order valence-corrected chi connectivity index (χ0v) is 26.0. The highest BCUT2D eigenvalue weighted by molar-refractivity contribution is 6.13. The van der Waals surface area contributed by atoms with Gasteiger partial charge in [-0.1, -0.05) is 6.07 Å². The minimum absolute atomic E-state index is 0.175. The van der Waals surface area contributed by atoms with E-state index in [9.17, 15) is 14.4 Å².